The number of nitriles is 1. The molecule has 5 heteroatoms. The van der Waals surface area contributed by atoms with Gasteiger partial charge in [0.1, 0.15) is 6.07 Å². The van der Waals surface area contributed by atoms with Gasteiger partial charge in [0.05, 0.1) is 23.8 Å². The fourth-order valence-electron chi connectivity index (χ4n) is 1.54. The standard InChI is InChI=1S/C11H10ClNO2S/c12-9-4-7(5-10(16)8(9)6-13)11-14-2-1-3-15-11/h4-5,11,16H,1-3H2. The summed E-state index contributed by atoms with van der Waals surface area (Å²) in [5.41, 5.74) is 1.18. The Morgan fingerprint density at radius 1 is 1.38 bits per heavy atom. The van der Waals surface area contributed by atoms with Crippen LogP contribution < -0.4 is 0 Å². The average Bonchev–Trinajstić information content (AvgIpc) is 2.30. The Morgan fingerprint density at radius 2 is 2.06 bits per heavy atom. The van der Waals surface area contributed by atoms with Gasteiger partial charge < -0.3 is 9.47 Å². The van der Waals surface area contributed by atoms with Gasteiger partial charge >= 0.3 is 0 Å². The van der Waals surface area contributed by atoms with E-state index in [2.05, 4.69) is 12.6 Å². The third kappa shape index (κ3) is 2.33. The number of nitrogens with zero attached hydrogens (tertiary/aromatic N) is 1. The van der Waals surface area contributed by atoms with Crippen molar-refractivity contribution in [2.24, 2.45) is 0 Å². The zero-order valence-electron chi connectivity index (χ0n) is 8.44. The van der Waals surface area contributed by atoms with Crippen molar-refractivity contribution in [3.05, 3.63) is 28.3 Å². The number of ether oxygens (including phenoxy) is 2. The van der Waals surface area contributed by atoms with E-state index in [0.717, 1.165) is 12.0 Å². The van der Waals surface area contributed by atoms with E-state index in [-0.39, 0.29) is 0 Å². The van der Waals surface area contributed by atoms with Crippen LogP contribution in [0.4, 0.5) is 0 Å². The quantitative estimate of drug-likeness (QED) is 0.785. The number of benzene rings is 1. The highest BCUT2D eigenvalue weighted by molar-refractivity contribution is 7.80. The van der Waals surface area contributed by atoms with Gasteiger partial charge in [-0.2, -0.15) is 5.26 Å². The second-order valence-corrected chi connectivity index (χ2v) is 4.32. The van der Waals surface area contributed by atoms with Gasteiger partial charge in [0.2, 0.25) is 0 Å². The van der Waals surface area contributed by atoms with Gasteiger partial charge in [0, 0.05) is 10.5 Å². The van der Waals surface area contributed by atoms with E-state index in [4.69, 9.17) is 26.3 Å². The molecule has 0 aliphatic carbocycles. The Labute approximate surface area is 104 Å². The molecule has 84 valence electrons. The van der Waals surface area contributed by atoms with Crippen LogP contribution in [-0.2, 0) is 9.47 Å². The molecule has 1 heterocycles. The number of rotatable bonds is 1. The molecule has 1 aromatic carbocycles. The molecule has 3 nitrogen and oxygen atoms in total. The van der Waals surface area contributed by atoms with Crippen molar-refractivity contribution >= 4 is 24.2 Å². The molecule has 0 radical (unpaired) electrons. The van der Waals surface area contributed by atoms with E-state index in [1.807, 2.05) is 6.07 Å². The van der Waals surface area contributed by atoms with Crippen molar-refractivity contribution < 1.29 is 9.47 Å². The molecule has 2 rings (SSSR count). The molecule has 0 unspecified atom stereocenters. The third-order valence-electron chi connectivity index (χ3n) is 2.30. The Balaban J connectivity index is 2.32. The van der Waals surface area contributed by atoms with Crippen LogP contribution in [0.15, 0.2) is 17.0 Å². The first-order valence-corrected chi connectivity index (χ1v) is 5.70. The lowest BCUT2D eigenvalue weighted by Crippen LogP contribution is -2.17. The number of halogens is 1. The first-order valence-electron chi connectivity index (χ1n) is 4.88. The molecule has 16 heavy (non-hydrogen) atoms. The summed E-state index contributed by atoms with van der Waals surface area (Å²) in [7, 11) is 0. The van der Waals surface area contributed by atoms with Gasteiger partial charge in [-0.3, -0.25) is 0 Å². The van der Waals surface area contributed by atoms with Crippen molar-refractivity contribution in [2.45, 2.75) is 17.6 Å². The predicted octanol–water partition coefficient (Wildman–Crippen LogP) is 2.94. The molecular formula is C11H10ClNO2S. The SMILES string of the molecule is N#Cc1c(S)cc(C2OCCCO2)cc1Cl. The van der Waals surface area contributed by atoms with E-state index >= 15 is 0 Å². The zero-order valence-corrected chi connectivity index (χ0v) is 10.1. The van der Waals surface area contributed by atoms with Crippen LogP contribution in [0.1, 0.15) is 23.8 Å². The van der Waals surface area contributed by atoms with Crippen LogP contribution >= 0.6 is 24.2 Å². The van der Waals surface area contributed by atoms with E-state index in [0.29, 0.717) is 28.7 Å². The Morgan fingerprint density at radius 3 is 2.62 bits per heavy atom. The highest BCUT2D eigenvalue weighted by atomic mass is 35.5. The topological polar surface area (TPSA) is 42.2 Å². The summed E-state index contributed by atoms with van der Waals surface area (Å²) in [6.45, 7) is 1.34. The van der Waals surface area contributed by atoms with Gasteiger partial charge in [-0.25, -0.2) is 0 Å². The largest absolute Gasteiger partial charge is 0.348 e. The lowest BCUT2D eigenvalue weighted by molar-refractivity contribution is -0.183. The minimum Gasteiger partial charge on any atom is -0.348 e. The molecule has 0 amide bonds. The zero-order chi connectivity index (χ0) is 11.5. The molecule has 1 aliphatic heterocycles. The van der Waals surface area contributed by atoms with Crippen LogP contribution in [0, 0.1) is 11.3 Å². The molecule has 0 saturated carbocycles. The fourth-order valence-corrected chi connectivity index (χ4v) is 2.19. The van der Waals surface area contributed by atoms with Crippen LogP contribution in [0.3, 0.4) is 0 Å². The predicted molar refractivity (Wildman–Crippen MR) is 62.7 cm³/mol. The second-order valence-electron chi connectivity index (χ2n) is 3.44. The van der Waals surface area contributed by atoms with Crippen LogP contribution in [0.25, 0.3) is 0 Å². The van der Waals surface area contributed by atoms with E-state index < -0.39 is 6.29 Å². The highest BCUT2D eigenvalue weighted by Crippen LogP contribution is 2.30. The van der Waals surface area contributed by atoms with Crippen molar-refractivity contribution in [1.82, 2.24) is 0 Å². The maximum atomic E-state index is 8.85. The second kappa shape index (κ2) is 5.07. The molecule has 0 N–H and O–H groups in total. The monoisotopic (exact) mass is 255 g/mol. The Kier molecular flexibility index (Phi) is 3.72. The summed E-state index contributed by atoms with van der Waals surface area (Å²) in [6.07, 6.45) is 0.499. The molecule has 1 saturated heterocycles. The third-order valence-corrected chi connectivity index (χ3v) is 2.95. The van der Waals surface area contributed by atoms with E-state index in [1.165, 1.54) is 0 Å². The Bertz CT molecular complexity index is 415. The first kappa shape index (κ1) is 11.7. The summed E-state index contributed by atoms with van der Waals surface area (Å²) in [5, 5.41) is 9.23. The Hall–Kier alpha value is -0.730. The van der Waals surface area contributed by atoms with Crippen LogP contribution in [0.2, 0.25) is 5.02 Å². The summed E-state index contributed by atoms with van der Waals surface area (Å²) in [4.78, 5) is 0.544. The summed E-state index contributed by atoms with van der Waals surface area (Å²) in [5.74, 6) is 0. The van der Waals surface area contributed by atoms with E-state index in [9.17, 15) is 0 Å². The molecule has 0 atom stereocenters. The molecule has 1 fully saturated rings. The smallest absolute Gasteiger partial charge is 0.183 e. The lowest BCUT2D eigenvalue weighted by atomic mass is 10.1. The van der Waals surface area contributed by atoms with Crippen molar-refractivity contribution in [3.63, 3.8) is 0 Å². The van der Waals surface area contributed by atoms with Gasteiger partial charge in [0.25, 0.3) is 0 Å². The summed E-state index contributed by atoms with van der Waals surface area (Å²) >= 11 is 10.2. The van der Waals surface area contributed by atoms with Gasteiger partial charge in [-0.15, -0.1) is 12.6 Å². The van der Waals surface area contributed by atoms with Crippen molar-refractivity contribution in [3.8, 4) is 6.07 Å². The highest BCUT2D eigenvalue weighted by Gasteiger charge is 2.19. The molecule has 0 spiro atoms. The lowest BCUT2D eigenvalue weighted by Gasteiger charge is -2.24. The van der Waals surface area contributed by atoms with Gasteiger partial charge in [0.15, 0.2) is 6.29 Å². The number of hydrogen-bond acceptors (Lipinski definition) is 4. The van der Waals surface area contributed by atoms with Crippen LogP contribution in [-0.4, -0.2) is 13.2 Å². The van der Waals surface area contributed by atoms with E-state index in [1.54, 1.807) is 12.1 Å². The molecule has 0 bridgehead atoms. The molecule has 1 aromatic rings. The molecule has 0 aromatic heterocycles. The van der Waals surface area contributed by atoms with Crippen molar-refractivity contribution in [1.29, 1.82) is 5.26 Å². The molecular weight excluding hydrogens is 246 g/mol. The summed E-state index contributed by atoms with van der Waals surface area (Å²) in [6, 6.07) is 5.45. The van der Waals surface area contributed by atoms with Crippen LogP contribution in [0.5, 0.6) is 0 Å². The summed E-state index contributed by atoms with van der Waals surface area (Å²) < 4.78 is 10.9. The number of hydrogen-bond donors (Lipinski definition) is 1. The maximum absolute atomic E-state index is 8.85. The first-order chi connectivity index (χ1) is 7.72. The van der Waals surface area contributed by atoms with Gasteiger partial charge in [-0.1, -0.05) is 11.6 Å². The fraction of sp³-hybridized carbons (Fsp3) is 0.364. The maximum Gasteiger partial charge on any atom is 0.183 e. The number of thiol groups is 1. The minimum atomic E-state index is -0.398. The molecule has 1 aliphatic rings. The average molecular weight is 256 g/mol. The van der Waals surface area contributed by atoms with Gasteiger partial charge in [-0.05, 0) is 18.6 Å². The van der Waals surface area contributed by atoms with Crippen molar-refractivity contribution in [2.75, 3.05) is 13.2 Å². The normalized spacial score (nSPS) is 17.1. The minimum absolute atomic E-state index is 0.378.